The molecule has 0 saturated carbocycles. The number of halogens is 1. The molecule has 2 aromatic rings. The molecule has 0 unspecified atom stereocenters. The van der Waals surface area contributed by atoms with Gasteiger partial charge < -0.3 is 10.1 Å². The van der Waals surface area contributed by atoms with E-state index in [0.29, 0.717) is 17.9 Å². The van der Waals surface area contributed by atoms with Gasteiger partial charge >= 0.3 is 0 Å². The minimum absolute atomic E-state index is 0.175. The van der Waals surface area contributed by atoms with Gasteiger partial charge in [-0.15, -0.1) is 0 Å². The fourth-order valence-corrected chi connectivity index (χ4v) is 1.99. The maximum Gasteiger partial charge on any atom is 0.187 e. The van der Waals surface area contributed by atoms with Crippen LogP contribution in [-0.4, -0.2) is 12.4 Å². The van der Waals surface area contributed by atoms with Crippen LogP contribution in [0.3, 0.4) is 0 Å². The van der Waals surface area contributed by atoms with Crippen molar-refractivity contribution in [2.75, 3.05) is 11.9 Å². The Hall–Kier alpha value is -2.62. The molecule has 2 aromatic carbocycles. The molecule has 0 saturated heterocycles. The van der Waals surface area contributed by atoms with E-state index in [1.54, 1.807) is 6.92 Å². The molecule has 1 N–H and O–H groups in total. The second kappa shape index (κ2) is 7.41. The molecule has 3 nitrogen and oxygen atoms in total. The molecule has 0 spiro atoms. The van der Waals surface area contributed by atoms with E-state index in [1.807, 2.05) is 31.2 Å². The van der Waals surface area contributed by atoms with Gasteiger partial charge in [-0.1, -0.05) is 6.07 Å². The molecule has 0 fully saturated rings. The van der Waals surface area contributed by atoms with E-state index in [-0.39, 0.29) is 11.6 Å². The standard InChI is InChI=1S/C18H18FNO2/c1-3-22-17-6-4-5-16(12-17)20-13(2)11-18(21)14-7-9-15(19)10-8-14/h4-12,20H,3H2,1-2H3/b13-11+. The van der Waals surface area contributed by atoms with Crippen LogP contribution in [0.25, 0.3) is 0 Å². The summed E-state index contributed by atoms with van der Waals surface area (Å²) >= 11 is 0. The summed E-state index contributed by atoms with van der Waals surface area (Å²) in [5, 5.41) is 3.14. The lowest BCUT2D eigenvalue weighted by atomic mass is 10.1. The van der Waals surface area contributed by atoms with Gasteiger partial charge in [-0.2, -0.15) is 0 Å². The van der Waals surface area contributed by atoms with E-state index in [0.717, 1.165) is 11.4 Å². The van der Waals surface area contributed by atoms with E-state index in [2.05, 4.69) is 5.32 Å². The van der Waals surface area contributed by atoms with Crippen LogP contribution in [-0.2, 0) is 0 Å². The summed E-state index contributed by atoms with van der Waals surface area (Å²) in [6.07, 6.45) is 1.49. The van der Waals surface area contributed by atoms with Crippen molar-refractivity contribution in [2.45, 2.75) is 13.8 Å². The average molecular weight is 299 g/mol. The van der Waals surface area contributed by atoms with Gasteiger partial charge in [0, 0.05) is 29.1 Å². The highest BCUT2D eigenvalue weighted by molar-refractivity contribution is 6.05. The number of anilines is 1. The Kier molecular flexibility index (Phi) is 5.31. The van der Waals surface area contributed by atoms with Crippen LogP contribution in [0.2, 0.25) is 0 Å². The largest absolute Gasteiger partial charge is 0.494 e. The average Bonchev–Trinajstić information content (AvgIpc) is 2.48. The van der Waals surface area contributed by atoms with Crippen molar-refractivity contribution in [1.29, 1.82) is 0 Å². The molecule has 114 valence electrons. The molecule has 0 radical (unpaired) electrons. The molecular formula is C18H18FNO2. The van der Waals surface area contributed by atoms with Crippen molar-refractivity contribution in [1.82, 2.24) is 0 Å². The number of hydrogen-bond acceptors (Lipinski definition) is 3. The second-order valence-electron chi connectivity index (χ2n) is 4.78. The summed E-state index contributed by atoms with van der Waals surface area (Å²) in [6.45, 7) is 4.32. The van der Waals surface area contributed by atoms with Crippen molar-refractivity contribution in [3.8, 4) is 5.75 Å². The summed E-state index contributed by atoms with van der Waals surface area (Å²) in [7, 11) is 0. The predicted octanol–water partition coefficient (Wildman–Crippen LogP) is 4.42. The molecule has 0 aromatic heterocycles. The fraction of sp³-hybridized carbons (Fsp3) is 0.167. The van der Waals surface area contributed by atoms with Crippen molar-refractivity contribution in [2.24, 2.45) is 0 Å². The number of benzene rings is 2. The van der Waals surface area contributed by atoms with E-state index in [1.165, 1.54) is 30.3 Å². The molecular weight excluding hydrogens is 281 g/mol. The molecule has 22 heavy (non-hydrogen) atoms. The van der Waals surface area contributed by atoms with Gasteiger partial charge in [-0.05, 0) is 50.2 Å². The second-order valence-corrected chi connectivity index (χ2v) is 4.78. The van der Waals surface area contributed by atoms with Gasteiger partial charge in [0.25, 0.3) is 0 Å². The van der Waals surface area contributed by atoms with Crippen LogP contribution in [0, 0.1) is 5.82 Å². The zero-order chi connectivity index (χ0) is 15.9. The first-order valence-electron chi connectivity index (χ1n) is 7.06. The summed E-state index contributed by atoms with van der Waals surface area (Å²) in [4.78, 5) is 12.1. The van der Waals surface area contributed by atoms with Crippen LogP contribution in [0.15, 0.2) is 60.3 Å². The maximum atomic E-state index is 12.8. The SMILES string of the molecule is CCOc1cccc(N/C(C)=C/C(=O)c2ccc(F)cc2)c1. The smallest absolute Gasteiger partial charge is 0.187 e. The number of carbonyl (C=O) groups excluding carboxylic acids is 1. The van der Waals surface area contributed by atoms with Gasteiger partial charge in [0.1, 0.15) is 11.6 Å². The molecule has 0 amide bonds. The van der Waals surface area contributed by atoms with Crippen LogP contribution in [0.5, 0.6) is 5.75 Å². The zero-order valence-electron chi connectivity index (χ0n) is 12.6. The van der Waals surface area contributed by atoms with Crippen LogP contribution >= 0.6 is 0 Å². The summed E-state index contributed by atoms with van der Waals surface area (Å²) in [6, 6.07) is 13.0. The Morgan fingerprint density at radius 2 is 1.95 bits per heavy atom. The van der Waals surface area contributed by atoms with Crippen molar-refractivity contribution in [3.63, 3.8) is 0 Å². The van der Waals surface area contributed by atoms with Gasteiger partial charge in [0.2, 0.25) is 0 Å². The van der Waals surface area contributed by atoms with Crippen LogP contribution in [0.4, 0.5) is 10.1 Å². The predicted molar refractivity (Wildman–Crippen MR) is 85.7 cm³/mol. The summed E-state index contributed by atoms with van der Waals surface area (Å²) in [5.74, 6) is 0.235. The Morgan fingerprint density at radius 1 is 1.23 bits per heavy atom. The number of allylic oxidation sites excluding steroid dienone is 2. The number of nitrogens with one attached hydrogen (secondary N) is 1. The van der Waals surface area contributed by atoms with Gasteiger partial charge in [-0.3, -0.25) is 4.79 Å². The molecule has 0 atom stereocenters. The lowest BCUT2D eigenvalue weighted by Crippen LogP contribution is -2.02. The third-order valence-corrected chi connectivity index (χ3v) is 2.96. The minimum Gasteiger partial charge on any atom is -0.494 e. The topological polar surface area (TPSA) is 38.3 Å². The summed E-state index contributed by atoms with van der Waals surface area (Å²) < 4.78 is 18.3. The van der Waals surface area contributed by atoms with Crippen molar-refractivity contribution in [3.05, 3.63) is 71.7 Å². The highest BCUT2D eigenvalue weighted by Gasteiger charge is 2.04. The molecule has 0 bridgehead atoms. The van der Waals surface area contributed by atoms with Crippen molar-refractivity contribution < 1.29 is 13.9 Å². The normalized spacial score (nSPS) is 11.1. The molecule has 0 heterocycles. The number of carbonyl (C=O) groups is 1. The maximum absolute atomic E-state index is 12.8. The molecule has 4 heteroatoms. The Bertz CT molecular complexity index is 678. The van der Waals surface area contributed by atoms with Gasteiger partial charge in [-0.25, -0.2) is 4.39 Å². The summed E-state index contributed by atoms with van der Waals surface area (Å²) in [5.41, 5.74) is 1.99. The van der Waals surface area contributed by atoms with E-state index >= 15 is 0 Å². The zero-order valence-corrected chi connectivity index (χ0v) is 12.6. The first-order valence-corrected chi connectivity index (χ1v) is 7.06. The van der Waals surface area contributed by atoms with Gasteiger partial charge in [0.15, 0.2) is 5.78 Å². The van der Waals surface area contributed by atoms with Crippen LogP contribution < -0.4 is 10.1 Å². The van der Waals surface area contributed by atoms with E-state index < -0.39 is 0 Å². The minimum atomic E-state index is -0.358. The highest BCUT2D eigenvalue weighted by Crippen LogP contribution is 2.18. The fourth-order valence-electron chi connectivity index (χ4n) is 1.99. The number of rotatable bonds is 6. The molecule has 0 aliphatic heterocycles. The number of hydrogen-bond donors (Lipinski definition) is 1. The quantitative estimate of drug-likeness (QED) is 0.633. The monoisotopic (exact) mass is 299 g/mol. The lowest BCUT2D eigenvalue weighted by Gasteiger charge is -2.09. The van der Waals surface area contributed by atoms with E-state index in [9.17, 15) is 9.18 Å². The molecule has 2 rings (SSSR count). The Morgan fingerprint density at radius 3 is 2.64 bits per heavy atom. The highest BCUT2D eigenvalue weighted by atomic mass is 19.1. The van der Waals surface area contributed by atoms with Gasteiger partial charge in [0.05, 0.1) is 6.61 Å². The molecule has 0 aliphatic carbocycles. The molecule has 0 aliphatic rings. The number of ketones is 1. The van der Waals surface area contributed by atoms with Crippen molar-refractivity contribution >= 4 is 11.5 Å². The Balaban J connectivity index is 2.07. The first kappa shape index (κ1) is 15.8. The third kappa shape index (κ3) is 4.45. The Labute approximate surface area is 129 Å². The lowest BCUT2D eigenvalue weighted by molar-refractivity contribution is 0.104. The third-order valence-electron chi connectivity index (χ3n) is 2.96. The van der Waals surface area contributed by atoms with E-state index in [4.69, 9.17) is 4.74 Å². The van der Waals surface area contributed by atoms with Crippen LogP contribution in [0.1, 0.15) is 24.2 Å². The number of ether oxygens (including phenoxy) is 1. The first-order chi connectivity index (χ1) is 10.6.